The second-order valence-electron chi connectivity index (χ2n) is 15.7. The van der Waals surface area contributed by atoms with Crippen LogP contribution in [0.1, 0.15) is 35.7 Å². The number of hydrogen-bond donors (Lipinski definition) is 3. The highest BCUT2D eigenvalue weighted by Gasteiger charge is 2.66. The molecule has 1 spiro atoms. The Morgan fingerprint density at radius 1 is 1.07 bits per heavy atom. The lowest BCUT2D eigenvalue weighted by Gasteiger charge is -2.37. The molecule has 2 amide bonds. The number of aromatic amines is 1. The van der Waals surface area contributed by atoms with Crippen LogP contribution >= 0.6 is 15.9 Å². The molecule has 0 unspecified atom stereocenters. The number of aromatic nitrogens is 4. The highest BCUT2D eigenvalue weighted by Crippen LogP contribution is 2.60. The zero-order valence-corrected chi connectivity index (χ0v) is 35.1. The summed E-state index contributed by atoms with van der Waals surface area (Å²) >= 11 is 3.71. The van der Waals surface area contributed by atoms with Crippen LogP contribution in [0.4, 0.5) is 11.4 Å². The van der Waals surface area contributed by atoms with Crippen LogP contribution in [0.3, 0.4) is 0 Å². The predicted octanol–water partition coefficient (Wildman–Crippen LogP) is 7.10. The Balaban J connectivity index is 1.07. The van der Waals surface area contributed by atoms with Crippen molar-refractivity contribution < 1.29 is 24.2 Å². The quantitative estimate of drug-likeness (QED) is 0.106. The van der Waals surface area contributed by atoms with Gasteiger partial charge in [-0.05, 0) is 71.6 Å². The number of aliphatic hydroxyl groups is 1. The number of carbonyl (C=O) groups excluding carboxylic acids is 2. The number of amides is 2. The van der Waals surface area contributed by atoms with Crippen molar-refractivity contribution in [1.29, 1.82) is 0 Å². The third-order valence-corrected chi connectivity index (χ3v) is 16.9. The Hall–Kier alpha value is -5.08. The lowest BCUT2D eigenvalue weighted by atomic mass is 9.82. The van der Waals surface area contributed by atoms with E-state index < -0.39 is 13.7 Å². The van der Waals surface area contributed by atoms with Gasteiger partial charge >= 0.3 is 0 Å². The summed E-state index contributed by atoms with van der Waals surface area (Å²) in [6.07, 6.45) is 4.84. The summed E-state index contributed by atoms with van der Waals surface area (Å²) in [5.74, 6) is 0.471. The number of aliphatic hydroxyl groups excluding tert-OH is 1. The van der Waals surface area contributed by atoms with Gasteiger partial charge in [0, 0.05) is 64.5 Å². The lowest BCUT2D eigenvalue weighted by Crippen LogP contribution is -2.51. The van der Waals surface area contributed by atoms with Gasteiger partial charge in [-0.3, -0.25) is 14.3 Å². The minimum absolute atomic E-state index is 0.00890. The molecule has 13 heteroatoms. The Bertz CT molecular complexity index is 2410. The van der Waals surface area contributed by atoms with Gasteiger partial charge in [0.05, 0.1) is 45.6 Å². The maximum atomic E-state index is 15.2. The molecule has 3 N–H and O–H groups in total. The van der Waals surface area contributed by atoms with Crippen molar-refractivity contribution >= 4 is 63.3 Å². The number of carbonyl (C=O) groups is 2. The van der Waals surface area contributed by atoms with Crippen molar-refractivity contribution in [2.24, 2.45) is 5.92 Å². The van der Waals surface area contributed by atoms with E-state index in [-0.39, 0.29) is 42.4 Å². The molecule has 4 aromatic carbocycles. The Morgan fingerprint density at radius 2 is 1.84 bits per heavy atom. The van der Waals surface area contributed by atoms with Crippen LogP contribution in [0.2, 0.25) is 18.6 Å². The van der Waals surface area contributed by atoms with E-state index in [0.29, 0.717) is 31.6 Å². The molecule has 8 rings (SSSR count). The van der Waals surface area contributed by atoms with Crippen molar-refractivity contribution in [3.05, 3.63) is 130 Å². The molecular formula is C44H47BrN6O5Si. The molecule has 0 bridgehead atoms. The number of para-hydroxylation sites is 1. The molecule has 294 valence electrons. The lowest BCUT2D eigenvalue weighted by molar-refractivity contribution is -0.146. The van der Waals surface area contributed by atoms with Crippen LogP contribution in [0.25, 0.3) is 10.9 Å². The van der Waals surface area contributed by atoms with E-state index in [1.165, 1.54) is 5.19 Å². The number of nitrogens with one attached hydrogen (secondary N) is 2. The fraction of sp³-hybridized carbons (Fsp3) is 0.318. The van der Waals surface area contributed by atoms with E-state index in [9.17, 15) is 9.90 Å². The number of fused-ring (bicyclic) bond motifs is 3. The van der Waals surface area contributed by atoms with E-state index in [1.54, 1.807) is 7.11 Å². The standard InChI is InChI=1S/C44H47BrN6O5Si/c1-28-42(57(3,4)35-16-14-34(55-2)15-17-35)40(19-21-50-27-33(20-22-52)48-49-50)56-44(28)37-24-31(45)11-18-39(37)51(43(44)54)26-29-9-12-32(13-10-29)47-41(53)23-30-25-46-38-8-6-5-7-36(30)38/h5-18,24-25,27-28,40,42,46,52H,19-23,26H2,1-4H3,(H,47,53)/t28-,40+,42-,44+/m1/s1. The van der Waals surface area contributed by atoms with E-state index >= 15 is 4.79 Å². The molecule has 2 aliphatic rings. The smallest absolute Gasteiger partial charge is 0.264 e. The largest absolute Gasteiger partial charge is 0.497 e. The first-order chi connectivity index (χ1) is 27.5. The average Bonchev–Trinajstić information content (AvgIpc) is 3.96. The van der Waals surface area contributed by atoms with Gasteiger partial charge < -0.3 is 29.8 Å². The summed E-state index contributed by atoms with van der Waals surface area (Å²) in [5, 5.41) is 23.3. The first-order valence-electron chi connectivity index (χ1n) is 19.4. The number of rotatable bonds is 13. The summed E-state index contributed by atoms with van der Waals surface area (Å²) in [4.78, 5) is 33.4. The normalized spacial score (nSPS) is 20.4. The molecule has 6 aromatic rings. The molecule has 2 aromatic heterocycles. The number of anilines is 2. The molecule has 0 aliphatic carbocycles. The van der Waals surface area contributed by atoms with Crippen LogP contribution in [0.15, 0.2) is 108 Å². The number of benzene rings is 4. The zero-order valence-electron chi connectivity index (χ0n) is 32.5. The number of ether oxygens (including phenoxy) is 2. The molecule has 4 atom stereocenters. The molecule has 1 fully saturated rings. The van der Waals surface area contributed by atoms with Crippen molar-refractivity contribution in [3.63, 3.8) is 0 Å². The summed E-state index contributed by atoms with van der Waals surface area (Å²) in [6, 6.07) is 30.1. The van der Waals surface area contributed by atoms with Crippen molar-refractivity contribution in [3.8, 4) is 5.75 Å². The number of H-pyrrole nitrogens is 1. The maximum absolute atomic E-state index is 15.2. The monoisotopic (exact) mass is 846 g/mol. The van der Waals surface area contributed by atoms with E-state index in [2.05, 4.69) is 74.8 Å². The number of nitrogens with zero attached hydrogens (tertiary/aromatic N) is 4. The fourth-order valence-corrected chi connectivity index (χ4v) is 13.6. The zero-order chi connectivity index (χ0) is 39.9. The topological polar surface area (TPSA) is 135 Å². The third kappa shape index (κ3) is 7.22. The number of hydrogen-bond acceptors (Lipinski definition) is 7. The molecular weight excluding hydrogens is 801 g/mol. The average molecular weight is 848 g/mol. The van der Waals surface area contributed by atoms with Gasteiger partial charge in [-0.2, -0.15) is 0 Å². The van der Waals surface area contributed by atoms with Crippen molar-refractivity contribution in [2.45, 2.75) is 69.6 Å². The van der Waals surface area contributed by atoms with Gasteiger partial charge in [-0.25, -0.2) is 0 Å². The van der Waals surface area contributed by atoms with E-state index in [4.69, 9.17) is 9.47 Å². The number of halogens is 1. The Kier molecular flexibility index (Phi) is 10.7. The van der Waals surface area contributed by atoms with E-state index in [1.807, 2.05) is 94.8 Å². The van der Waals surface area contributed by atoms with Crippen LogP contribution < -0.4 is 20.1 Å². The minimum Gasteiger partial charge on any atom is -0.497 e. The van der Waals surface area contributed by atoms with Gasteiger partial charge in [0.2, 0.25) is 5.91 Å². The molecule has 2 aliphatic heterocycles. The summed E-state index contributed by atoms with van der Waals surface area (Å²) in [5.41, 5.74) is 4.87. The first-order valence-corrected chi connectivity index (χ1v) is 23.3. The van der Waals surface area contributed by atoms with Crippen LogP contribution in [-0.2, 0) is 45.9 Å². The van der Waals surface area contributed by atoms with Gasteiger partial charge in [0.1, 0.15) is 5.75 Å². The van der Waals surface area contributed by atoms with Crippen molar-refractivity contribution in [2.75, 3.05) is 23.9 Å². The van der Waals surface area contributed by atoms with Gasteiger partial charge in [0.25, 0.3) is 5.91 Å². The summed E-state index contributed by atoms with van der Waals surface area (Å²) < 4.78 is 15.5. The molecule has 57 heavy (non-hydrogen) atoms. The maximum Gasteiger partial charge on any atom is 0.264 e. The van der Waals surface area contributed by atoms with E-state index in [0.717, 1.165) is 49.2 Å². The molecule has 0 radical (unpaired) electrons. The highest BCUT2D eigenvalue weighted by molar-refractivity contribution is 9.10. The molecule has 4 heterocycles. The molecule has 11 nitrogen and oxygen atoms in total. The van der Waals surface area contributed by atoms with Crippen LogP contribution in [0, 0.1) is 5.92 Å². The molecule has 1 saturated heterocycles. The first kappa shape index (κ1) is 38.8. The van der Waals surface area contributed by atoms with Crippen molar-refractivity contribution in [1.82, 2.24) is 20.0 Å². The second-order valence-corrected chi connectivity index (χ2v) is 21.3. The van der Waals surface area contributed by atoms with Gasteiger partial charge in [-0.1, -0.05) is 88.8 Å². The van der Waals surface area contributed by atoms with Gasteiger partial charge in [0.15, 0.2) is 5.60 Å². The molecule has 0 saturated carbocycles. The van der Waals surface area contributed by atoms with Gasteiger partial charge in [-0.15, -0.1) is 5.10 Å². The summed E-state index contributed by atoms with van der Waals surface area (Å²) in [6.45, 7) is 7.85. The van der Waals surface area contributed by atoms with Crippen LogP contribution in [0.5, 0.6) is 5.75 Å². The second kappa shape index (κ2) is 15.7. The van der Waals surface area contributed by atoms with Crippen LogP contribution in [-0.4, -0.2) is 64.8 Å². The SMILES string of the molecule is COc1ccc([Si](C)(C)[C@H]2[C@H](CCn3cc(CCO)nn3)O[C@@]3(C(=O)N(Cc4ccc(NC(=O)Cc5c[nH]c6ccccc56)cc4)c4ccc(Br)cc43)[C@@H]2C)cc1. The Morgan fingerprint density at radius 3 is 2.60 bits per heavy atom. The predicted molar refractivity (Wildman–Crippen MR) is 227 cm³/mol. The number of aryl methyl sites for hydroxylation is 1. The minimum atomic E-state index is -2.34. The fourth-order valence-electron chi connectivity index (χ4n) is 9.18. The number of methoxy groups -OCH3 is 1. The summed E-state index contributed by atoms with van der Waals surface area (Å²) in [7, 11) is -0.666. The highest BCUT2D eigenvalue weighted by atomic mass is 79.9. The Labute approximate surface area is 341 Å². The third-order valence-electron chi connectivity index (χ3n) is 12.0.